The van der Waals surface area contributed by atoms with Crippen LogP contribution in [-0.4, -0.2) is 33.8 Å². The van der Waals surface area contributed by atoms with E-state index in [-0.39, 0.29) is 24.4 Å². The molecular formula is C14H20ClNO4S. The Labute approximate surface area is 130 Å². The SMILES string of the molecule is CCCOC(=O)c1ccc(Cl)cc1N(CCC)S(C)(=O)=O. The van der Waals surface area contributed by atoms with Crippen LogP contribution in [0.15, 0.2) is 18.2 Å². The highest BCUT2D eigenvalue weighted by atomic mass is 35.5. The zero-order chi connectivity index (χ0) is 16.0. The van der Waals surface area contributed by atoms with Crippen LogP contribution in [0.1, 0.15) is 37.0 Å². The van der Waals surface area contributed by atoms with E-state index in [2.05, 4.69) is 0 Å². The van der Waals surface area contributed by atoms with Crippen LogP contribution in [0.2, 0.25) is 5.02 Å². The number of esters is 1. The summed E-state index contributed by atoms with van der Waals surface area (Å²) in [6, 6.07) is 4.50. The second kappa shape index (κ2) is 7.66. The van der Waals surface area contributed by atoms with Gasteiger partial charge in [0.15, 0.2) is 0 Å². The molecule has 0 amide bonds. The molecule has 1 aromatic carbocycles. The number of ether oxygens (including phenoxy) is 1. The van der Waals surface area contributed by atoms with Crippen molar-refractivity contribution in [2.45, 2.75) is 26.7 Å². The maximum Gasteiger partial charge on any atom is 0.340 e. The second-order valence-corrected chi connectivity index (χ2v) is 6.98. The molecule has 118 valence electrons. The molecule has 0 N–H and O–H groups in total. The van der Waals surface area contributed by atoms with Gasteiger partial charge < -0.3 is 4.74 Å². The van der Waals surface area contributed by atoms with Gasteiger partial charge in [-0.3, -0.25) is 4.31 Å². The quantitative estimate of drug-likeness (QED) is 0.719. The molecule has 0 saturated carbocycles. The van der Waals surface area contributed by atoms with Crippen molar-refractivity contribution in [3.8, 4) is 0 Å². The summed E-state index contributed by atoms with van der Waals surface area (Å²) in [6.07, 6.45) is 2.41. The Hall–Kier alpha value is -1.27. The number of carbonyl (C=O) groups is 1. The number of anilines is 1. The van der Waals surface area contributed by atoms with Crippen LogP contribution in [0.25, 0.3) is 0 Å². The smallest absolute Gasteiger partial charge is 0.340 e. The fourth-order valence-corrected chi connectivity index (χ4v) is 3.01. The minimum Gasteiger partial charge on any atom is -0.462 e. The summed E-state index contributed by atoms with van der Waals surface area (Å²) >= 11 is 5.95. The van der Waals surface area contributed by atoms with Gasteiger partial charge in [-0.05, 0) is 31.0 Å². The zero-order valence-corrected chi connectivity index (χ0v) is 14.0. The van der Waals surface area contributed by atoms with Crippen molar-refractivity contribution in [3.63, 3.8) is 0 Å². The van der Waals surface area contributed by atoms with Crippen LogP contribution >= 0.6 is 11.6 Å². The average Bonchev–Trinajstić information content (AvgIpc) is 2.40. The third-order valence-corrected chi connectivity index (χ3v) is 4.13. The van der Waals surface area contributed by atoms with Gasteiger partial charge in [0.25, 0.3) is 0 Å². The maximum atomic E-state index is 12.1. The molecule has 1 aromatic rings. The molecule has 0 radical (unpaired) electrons. The molecule has 0 aliphatic carbocycles. The first kappa shape index (κ1) is 17.8. The van der Waals surface area contributed by atoms with Crippen LogP contribution in [0.3, 0.4) is 0 Å². The van der Waals surface area contributed by atoms with E-state index in [0.717, 1.165) is 6.26 Å². The van der Waals surface area contributed by atoms with Gasteiger partial charge in [0, 0.05) is 11.6 Å². The van der Waals surface area contributed by atoms with E-state index < -0.39 is 16.0 Å². The molecule has 0 aliphatic rings. The molecule has 0 saturated heterocycles. The Bertz CT molecular complexity index is 601. The molecule has 1 rings (SSSR count). The van der Waals surface area contributed by atoms with Crippen LogP contribution in [0.4, 0.5) is 5.69 Å². The first-order chi connectivity index (χ1) is 9.81. The van der Waals surface area contributed by atoms with E-state index >= 15 is 0 Å². The molecule has 5 nitrogen and oxygen atoms in total. The van der Waals surface area contributed by atoms with Crippen LogP contribution < -0.4 is 4.31 Å². The number of hydrogen-bond acceptors (Lipinski definition) is 4. The molecule has 0 heterocycles. The van der Waals surface area contributed by atoms with Crippen LogP contribution in [0, 0.1) is 0 Å². The van der Waals surface area contributed by atoms with E-state index in [0.29, 0.717) is 17.9 Å². The lowest BCUT2D eigenvalue weighted by molar-refractivity contribution is 0.0506. The molecule has 7 heteroatoms. The van der Waals surface area contributed by atoms with Gasteiger partial charge in [-0.1, -0.05) is 25.4 Å². The van der Waals surface area contributed by atoms with Gasteiger partial charge in [0.05, 0.1) is 24.1 Å². The van der Waals surface area contributed by atoms with Crippen molar-refractivity contribution >= 4 is 33.3 Å². The number of rotatable bonds is 7. The highest BCUT2D eigenvalue weighted by Crippen LogP contribution is 2.28. The fraction of sp³-hybridized carbons (Fsp3) is 0.500. The van der Waals surface area contributed by atoms with E-state index in [1.54, 1.807) is 6.07 Å². The molecule has 0 unspecified atom stereocenters. The number of sulfonamides is 1. The predicted molar refractivity (Wildman–Crippen MR) is 84.5 cm³/mol. The molecule has 0 aromatic heterocycles. The monoisotopic (exact) mass is 333 g/mol. The predicted octanol–water partition coefficient (Wildman–Crippen LogP) is 3.08. The lowest BCUT2D eigenvalue weighted by Gasteiger charge is -2.24. The van der Waals surface area contributed by atoms with Crippen molar-refractivity contribution < 1.29 is 17.9 Å². The first-order valence-electron chi connectivity index (χ1n) is 6.75. The van der Waals surface area contributed by atoms with Gasteiger partial charge >= 0.3 is 5.97 Å². The zero-order valence-electron chi connectivity index (χ0n) is 12.4. The Kier molecular flexibility index (Phi) is 6.48. The second-order valence-electron chi connectivity index (χ2n) is 4.63. The summed E-state index contributed by atoms with van der Waals surface area (Å²) in [4.78, 5) is 12.1. The Morgan fingerprint density at radius 2 is 1.95 bits per heavy atom. The summed E-state index contributed by atoms with van der Waals surface area (Å²) < 4.78 is 30.2. The lowest BCUT2D eigenvalue weighted by Crippen LogP contribution is -2.32. The Morgan fingerprint density at radius 1 is 1.29 bits per heavy atom. The van der Waals surface area contributed by atoms with Crippen molar-refractivity contribution in [1.29, 1.82) is 0 Å². The Morgan fingerprint density at radius 3 is 2.48 bits per heavy atom. The van der Waals surface area contributed by atoms with E-state index in [4.69, 9.17) is 16.3 Å². The van der Waals surface area contributed by atoms with Crippen LogP contribution in [-0.2, 0) is 14.8 Å². The molecular weight excluding hydrogens is 314 g/mol. The number of halogens is 1. The number of nitrogens with zero attached hydrogens (tertiary/aromatic N) is 1. The van der Waals surface area contributed by atoms with Crippen molar-refractivity contribution in [2.24, 2.45) is 0 Å². The first-order valence-corrected chi connectivity index (χ1v) is 8.98. The number of benzene rings is 1. The molecule has 0 aliphatic heterocycles. The van der Waals surface area contributed by atoms with Gasteiger partial charge in [0.1, 0.15) is 0 Å². The largest absolute Gasteiger partial charge is 0.462 e. The summed E-state index contributed by atoms with van der Waals surface area (Å²) in [7, 11) is -3.51. The average molecular weight is 334 g/mol. The van der Waals surface area contributed by atoms with Gasteiger partial charge in [-0.25, -0.2) is 13.2 Å². The molecule has 0 fully saturated rings. The Balaban J connectivity index is 3.31. The van der Waals surface area contributed by atoms with Crippen LogP contribution in [0.5, 0.6) is 0 Å². The maximum absolute atomic E-state index is 12.1. The lowest BCUT2D eigenvalue weighted by atomic mass is 10.1. The van der Waals surface area contributed by atoms with Crippen molar-refractivity contribution in [1.82, 2.24) is 0 Å². The number of hydrogen-bond donors (Lipinski definition) is 0. The van der Waals surface area contributed by atoms with E-state index in [9.17, 15) is 13.2 Å². The standard InChI is InChI=1S/C14H20ClNO4S/c1-4-8-16(21(3,18)19)13-10-11(15)6-7-12(13)14(17)20-9-5-2/h6-7,10H,4-5,8-9H2,1-3H3. The summed E-state index contributed by atoms with van der Waals surface area (Å²) in [5, 5.41) is 0.363. The number of carbonyl (C=O) groups excluding carboxylic acids is 1. The highest BCUT2D eigenvalue weighted by Gasteiger charge is 2.23. The topological polar surface area (TPSA) is 63.7 Å². The normalized spacial score (nSPS) is 11.2. The molecule has 0 spiro atoms. The minimum absolute atomic E-state index is 0.201. The van der Waals surface area contributed by atoms with Gasteiger partial charge in [0.2, 0.25) is 10.0 Å². The molecule has 21 heavy (non-hydrogen) atoms. The molecule has 0 atom stereocenters. The van der Waals surface area contributed by atoms with Crippen molar-refractivity contribution in [2.75, 3.05) is 23.7 Å². The third-order valence-electron chi connectivity index (χ3n) is 2.71. The van der Waals surface area contributed by atoms with E-state index in [1.165, 1.54) is 16.4 Å². The highest BCUT2D eigenvalue weighted by molar-refractivity contribution is 7.92. The molecule has 0 bridgehead atoms. The summed E-state index contributed by atoms with van der Waals surface area (Å²) in [5.41, 5.74) is 0.458. The van der Waals surface area contributed by atoms with Gasteiger partial charge in [-0.2, -0.15) is 0 Å². The third kappa shape index (κ3) is 4.89. The fourth-order valence-electron chi connectivity index (χ4n) is 1.82. The van der Waals surface area contributed by atoms with E-state index in [1.807, 2.05) is 13.8 Å². The summed E-state index contributed by atoms with van der Waals surface area (Å²) in [6.45, 7) is 4.30. The van der Waals surface area contributed by atoms with Crippen molar-refractivity contribution in [3.05, 3.63) is 28.8 Å². The van der Waals surface area contributed by atoms with Gasteiger partial charge in [-0.15, -0.1) is 0 Å². The summed E-state index contributed by atoms with van der Waals surface area (Å²) in [5.74, 6) is -0.548. The minimum atomic E-state index is -3.51.